The van der Waals surface area contributed by atoms with Crippen LogP contribution in [0, 0.1) is 0 Å². The van der Waals surface area contributed by atoms with E-state index in [0.29, 0.717) is 5.02 Å². The van der Waals surface area contributed by atoms with Crippen LogP contribution in [-0.2, 0) is 9.84 Å². The van der Waals surface area contributed by atoms with E-state index in [1.807, 2.05) is 6.07 Å². The van der Waals surface area contributed by atoms with E-state index < -0.39 is 9.84 Å². The van der Waals surface area contributed by atoms with Crippen LogP contribution in [0.5, 0.6) is 0 Å². The fourth-order valence-electron chi connectivity index (χ4n) is 1.96. The van der Waals surface area contributed by atoms with E-state index in [0.717, 1.165) is 10.8 Å². The maximum atomic E-state index is 12.5. The van der Waals surface area contributed by atoms with E-state index in [4.69, 9.17) is 11.6 Å². The van der Waals surface area contributed by atoms with Gasteiger partial charge in [-0.3, -0.25) is 0 Å². The lowest BCUT2D eigenvalue weighted by Crippen LogP contribution is -2.04. The van der Waals surface area contributed by atoms with Gasteiger partial charge in [0.1, 0.15) is 0 Å². The molecule has 1 aromatic heterocycles. The average Bonchev–Trinajstić information content (AvgIpc) is 2.47. The Morgan fingerprint density at radius 2 is 1.65 bits per heavy atom. The third-order valence-corrected chi connectivity index (χ3v) is 4.89. The van der Waals surface area contributed by atoms with Crippen molar-refractivity contribution in [1.82, 2.24) is 4.98 Å². The fourth-order valence-corrected chi connectivity index (χ4v) is 3.37. The lowest BCUT2D eigenvalue weighted by Gasteiger charge is -2.05. The molecule has 1 heterocycles. The molecule has 0 saturated carbocycles. The summed E-state index contributed by atoms with van der Waals surface area (Å²) in [5.74, 6) is 0. The molecule has 0 aliphatic rings. The van der Waals surface area contributed by atoms with Gasteiger partial charge in [-0.25, -0.2) is 13.4 Å². The van der Waals surface area contributed by atoms with E-state index in [9.17, 15) is 8.42 Å². The minimum Gasteiger partial charge on any atom is -0.244 e. The first-order valence-corrected chi connectivity index (χ1v) is 7.79. The molecule has 3 rings (SSSR count). The number of hydrogen-bond acceptors (Lipinski definition) is 3. The monoisotopic (exact) mass is 303 g/mol. The third kappa shape index (κ3) is 2.28. The summed E-state index contributed by atoms with van der Waals surface area (Å²) in [5.41, 5.74) is 0. The van der Waals surface area contributed by atoms with Gasteiger partial charge in [0.15, 0.2) is 5.03 Å². The van der Waals surface area contributed by atoms with Gasteiger partial charge in [-0.05, 0) is 35.7 Å². The molecular weight excluding hydrogens is 294 g/mol. The number of rotatable bonds is 2. The zero-order valence-electron chi connectivity index (χ0n) is 10.3. The first kappa shape index (κ1) is 13.1. The molecule has 0 radical (unpaired) electrons. The number of nitrogens with zero attached hydrogens (tertiary/aromatic N) is 1. The second kappa shape index (κ2) is 4.89. The highest BCUT2D eigenvalue weighted by atomic mass is 35.5. The number of benzene rings is 2. The van der Waals surface area contributed by atoms with Crippen LogP contribution in [0.3, 0.4) is 0 Å². The largest absolute Gasteiger partial charge is 0.244 e. The normalized spacial score (nSPS) is 11.7. The summed E-state index contributed by atoms with van der Waals surface area (Å²) in [6.45, 7) is 0. The van der Waals surface area contributed by atoms with Crippen LogP contribution in [0.4, 0.5) is 0 Å². The lowest BCUT2D eigenvalue weighted by atomic mass is 10.2. The van der Waals surface area contributed by atoms with Gasteiger partial charge in [0.25, 0.3) is 0 Å². The average molecular weight is 304 g/mol. The number of halogens is 1. The van der Waals surface area contributed by atoms with Crippen molar-refractivity contribution in [2.24, 2.45) is 0 Å². The Kier molecular flexibility index (Phi) is 3.20. The van der Waals surface area contributed by atoms with Crippen molar-refractivity contribution >= 4 is 32.2 Å². The van der Waals surface area contributed by atoms with Crippen molar-refractivity contribution in [3.63, 3.8) is 0 Å². The van der Waals surface area contributed by atoms with Crippen molar-refractivity contribution in [3.8, 4) is 0 Å². The second-order valence-electron chi connectivity index (χ2n) is 4.33. The van der Waals surface area contributed by atoms with E-state index >= 15 is 0 Å². The van der Waals surface area contributed by atoms with Gasteiger partial charge in [0.2, 0.25) is 9.84 Å². The molecule has 0 spiro atoms. The van der Waals surface area contributed by atoms with Crippen LogP contribution in [0.15, 0.2) is 70.7 Å². The van der Waals surface area contributed by atoms with Crippen LogP contribution in [0.1, 0.15) is 0 Å². The van der Waals surface area contributed by atoms with Crippen LogP contribution in [0.25, 0.3) is 10.8 Å². The molecule has 3 nitrogen and oxygen atoms in total. The molecule has 0 atom stereocenters. The van der Waals surface area contributed by atoms with Gasteiger partial charge in [-0.15, -0.1) is 0 Å². The first-order chi connectivity index (χ1) is 9.57. The molecule has 2 aromatic carbocycles. The van der Waals surface area contributed by atoms with Crippen molar-refractivity contribution < 1.29 is 8.42 Å². The quantitative estimate of drug-likeness (QED) is 0.725. The zero-order valence-corrected chi connectivity index (χ0v) is 11.9. The molecule has 0 aliphatic heterocycles. The smallest absolute Gasteiger partial charge is 0.223 e. The van der Waals surface area contributed by atoms with Crippen molar-refractivity contribution in [1.29, 1.82) is 0 Å². The van der Waals surface area contributed by atoms with Gasteiger partial charge < -0.3 is 0 Å². The zero-order chi connectivity index (χ0) is 14.2. The highest BCUT2D eigenvalue weighted by Crippen LogP contribution is 2.24. The third-order valence-electron chi connectivity index (χ3n) is 2.99. The number of fused-ring (bicyclic) bond motifs is 1. The summed E-state index contributed by atoms with van der Waals surface area (Å²) in [7, 11) is -3.60. The second-order valence-corrected chi connectivity index (χ2v) is 6.66. The fraction of sp³-hybridized carbons (Fsp3) is 0. The van der Waals surface area contributed by atoms with Crippen molar-refractivity contribution in [2.75, 3.05) is 0 Å². The Hall–Kier alpha value is -1.91. The summed E-state index contributed by atoms with van der Waals surface area (Å²) in [6, 6.07) is 15.1. The van der Waals surface area contributed by atoms with Gasteiger partial charge in [0.05, 0.1) is 4.90 Å². The molecule has 5 heteroatoms. The topological polar surface area (TPSA) is 47.0 Å². The van der Waals surface area contributed by atoms with E-state index in [1.165, 1.54) is 0 Å². The highest BCUT2D eigenvalue weighted by molar-refractivity contribution is 7.91. The number of sulfone groups is 1. The summed E-state index contributed by atoms with van der Waals surface area (Å²) in [6.07, 6.45) is 1.54. The molecule has 20 heavy (non-hydrogen) atoms. The van der Waals surface area contributed by atoms with E-state index in [1.54, 1.807) is 54.7 Å². The van der Waals surface area contributed by atoms with Crippen LogP contribution in [0.2, 0.25) is 5.02 Å². The molecule has 100 valence electrons. The van der Waals surface area contributed by atoms with Gasteiger partial charge >= 0.3 is 0 Å². The molecule has 0 bridgehead atoms. The molecular formula is C15H10ClNO2S. The van der Waals surface area contributed by atoms with Gasteiger partial charge in [-0.2, -0.15) is 0 Å². The molecule has 3 aromatic rings. The van der Waals surface area contributed by atoms with Gasteiger partial charge in [-0.1, -0.05) is 35.9 Å². The summed E-state index contributed by atoms with van der Waals surface area (Å²) >= 11 is 5.93. The SMILES string of the molecule is O=S(=O)(c1ccccc1)c1cc2cc(Cl)ccc2cn1. The summed E-state index contributed by atoms with van der Waals surface area (Å²) in [4.78, 5) is 4.28. The Labute approximate surface area is 121 Å². The van der Waals surface area contributed by atoms with Crippen LogP contribution >= 0.6 is 11.6 Å². The van der Waals surface area contributed by atoms with E-state index in [-0.39, 0.29) is 9.92 Å². The first-order valence-electron chi connectivity index (χ1n) is 5.93. The Morgan fingerprint density at radius 3 is 2.40 bits per heavy atom. The summed E-state index contributed by atoms with van der Waals surface area (Å²) < 4.78 is 24.9. The van der Waals surface area contributed by atoms with Gasteiger partial charge in [0, 0.05) is 16.6 Å². The van der Waals surface area contributed by atoms with Crippen molar-refractivity contribution in [3.05, 3.63) is 65.8 Å². The Morgan fingerprint density at radius 1 is 0.900 bits per heavy atom. The Bertz CT molecular complexity index is 877. The summed E-state index contributed by atoms with van der Waals surface area (Å²) in [5, 5.41) is 2.19. The molecule has 0 fully saturated rings. The van der Waals surface area contributed by atoms with E-state index in [2.05, 4.69) is 4.98 Å². The van der Waals surface area contributed by atoms with Crippen molar-refractivity contribution in [2.45, 2.75) is 9.92 Å². The van der Waals surface area contributed by atoms with Crippen LogP contribution < -0.4 is 0 Å². The number of hydrogen-bond donors (Lipinski definition) is 0. The predicted octanol–water partition coefficient (Wildman–Crippen LogP) is 3.72. The predicted molar refractivity (Wildman–Crippen MR) is 78.6 cm³/mol. The highest BCUT2D eigenvalue weighted by Gasteiger charge is 2.19. The molecule has 0 aliphatic carbocycles. The lowest BCUT2D eigenvalue weighted by molar-refractivity contribution is 0.592. The minimum absolute atomic E-state index is 0.0264. The number of aromatic nitrogens is 1. The molecule has 0 saturated heterocycles. The standard InChI is InChI=1S/C15H10ClNO2S/c16-13-7-6-11-10-17-15(9-12(11)8-13)20(18,19)14-4-2-1-3-5-14/h1-10H. The maximum Gasteiger partial charge on any atom is 0.223 e. The minimum atomic E-state index is -3.60. The molecule has 0 unspecified atom stereocenters. The Balaban J connectivity index is 2.19. The number of pyridine rings is 1. The van der Waals surface area contributed by atoms with Crippen LogP contribution in [-0.4, -0.2) is 13.4 Å². The molecule has 0 amide bonds. The maximum absolute atomic E-state index is 12.5. The molecule has 0 N–H and O–H groups in total.